The fourth-order valence-corrected chi connectivity index (χ4v) is 3.46. The molecular weight excluding hydrogens is 298 g/mol. The van der Waals surface area contributed by atoms with Crippen LogP contribution in [-0.2, 0) is 4.74 Å². The van der Waals surface area contributed by atoms with Crippen LogP contribution < -0.4 is 5.73 Å². The van der Waals surface area contributed by atoms with Gasteiger partial charge in [-0.05, 0) is 48.4 Å². The number of rotatable bonds is 3. The molecule has 0 aliphatic carbocycles. The van der Waals surface area contributed by atoms with Gasteiger partial charge >= 0.3 is 0 Å². The van der Waals surface area contributed by atoms with Crippen molar-refractivity contribution in [1.29, 1.82) is 0 Å². The van der Waals surface area contributed by atoms with Crippen LogP contribution in [0.3, 0.4) is 0 Å². The number of epoxide rings is 1. The van der Waals surface area contributed by atoms with Crippen molar-refractivity contribution in [2.24, 2.45) is 0 Å². The third-order valence-electron chi connectivity index (χ3n) is 4.12. The molecule has 2 N–H and O–H groups in total. The average molecular weight is 313 g/mol. The summed E-state index contributed by atoms with van der Waals surface area (Å²) in [6, 6.07) is 5.47. The van der Waals surface area contributed by atoms with Crippen molar-refractivity contribution >= 4 is 28.6 Å². The highest BCUT2D eigenvalue weighted by atomic mass is 32.1. The number of fused-ring (bicyclic) bond motifs is 1. The van der Waals surface area contributed by atoms with Crippen LogP contribution >= 0.6 is 11.3 Å². The summed E-state index contributed by atoms with van der Waals surface area (Å²) in [6.07, 6.45) is -0.534. The minimum atomic E-state index is -0.409. The monoisotopic (exact) mass is 313 g/mol. The number of Topliss-reactive ketones (excluding diaryl/α,β-unsaturated/α-hetero) is 1. The number of hydrogen-bond acceptors (Lipinski definition) is 5. The summed E-state index contributed by atoms with van der Waals surface area (Å²) < 4.78 is 7.40. The fraction of sp³-hybridized carbons (Fsp3) is 0.250. The van der Waals surface area contributed by atoms with Gasteiger partial charge in [-0.25, -0.2) is 4.98 Å². The molecule has 6 heteroatoms. The maximum atomic E-state index is 12.6. The number of nitrogens with two attached hydrogens (primary N) is 1. The Bertz CT molecular complexity index is 883. The second-order valence-corrected chi connectivity index (χ2v) is 6.32. The van der Waals surface area contributed by atoms with Crippen LogP contribution in [-0.4, -0.2) is 21.3 Å². The Hall–Kier alpha value is -2.18. The Morgan fingerprint density at radius 2 is 2.23 bits per heavy atom. The zero-order valence-electron chi connectivity index (χ0n) is 12.2. The van der Waals surface area contributed by atoms with E-state index >= 15 is 0 Å². The first-order valence-electron chi connectivity index (χ1n) is 7.03. The van der Waals surface area contributed by atoms with E-state index in [0.717, 1.165) is 17.0 Å². The van der Waals surface area contributed by atoms with E-state index in [9.17, 15) is 4.79 Å². The van der Waals surface area contributed by atoms with E-state index in [4.69, 9.17) is 10.5 Å². The van der Waals surface area contributed by atoms with Gasteiger partial charge in [0.05, 0.1) is 5.69 Å². The molecule has 22 heavy (non-hydrogen) atoms. The average Bonchev–Trinajstić information content (AvgIpc) is 2.97. The van der Waals surface area contributed by atoms with Gasteiger partial charge in [0.2, 0.25) is 0 Å². The predicted octanol–water partition coefficient (Wildman–Crippen LogP) is 2.92. The van der Waals surface area contributed by atoms with Crippen molar-refractivity contribution in [2.75, 3.05) is 5.73 Å². The van der Waals surface area contributed by atoms with Gasteiger partial charge in [-0.15, -0.1) is 0 Å². The van der Waals surface area contributed by atoms with E-state index < -0.39 is 6.10 Å². The molecule has 0 aromatic carbocycles. The summed E-state index contributed by atoms with van der Waals surface area (Å²) in [7, 11) is 0. The number of thiophene rings is 1. The van der Waals surface area contributed by atoms with Crippen molar-refractivity contribution in [2.45, 2.75) is 26.1 Å². The third-order valence-corrected chi connectivity index (χ3v) is 4.82. The summed E-state index contributed by atoms with van der Waals surface area (Å²) in [4.78, 5) is 17.0. The Labute approximate surface area is 131 Å². The second kappa shape index (κ2) is 4.66. The molecule has 112 valence electrons. The molecule has 0 radical (unpaired) electrons. The zero-order chi connectivity index (χ0) is 15.4. The Morgan fingerprint density at radius 1 is 1.41 bits per heavy atom. The number of ether oxygens (including phenoxy) is 1. The lowest BCUT2D eigenvalue weighted by molar-refractivity contribution is 0.0953. The topological polar surface area (TPSA) is 72.9 Å². The van der Waals surface area contributed by atoms with E-state index in [1.807, 2.05) is 35.1 Å². The largest absolute Gasteiger partial charge is 0.385 e. The molecule has 1 saturated heterocycles. The first kappa shape index (κ1) is 13.5. The molecule has 3 aromatic heterocycles. The minimum Gasteiger partial charge on any atom is -0.385 e. The molecule has 2 atom stereocenters. The molecule has 1 aliphatic heterocycles. The van der Waals surface area contributed by atoms with Crippen molar-refractivity contribution in [1.82, 2.24) is 9.38 Å². The molecule has 5 nitrogen and oxygen atoms in total. The van der Waals surface area contributed by atoms with E-state index in [-0.39, 0.29) is 11.9 Å². The number of anilines is 1. The zero-order valence-corrected chi connectivity index (χ0v) is 13.1. The van der Waals surface area contributed by atoms with E-state index in [2.05, 4.69) is 4.98 Å². The molecule has 4 heterocycles. The quantitative estimate of drug-likeness (QED) is 0.596. The molecule has 0 bridgehead atoms. The molecule has 0 saturated carbocycles. The van der Waals surface area contributed by atoms with Gasteiger partial charge < -0.3 is 10.5 Å². The summed E-state index contributed by atoms with van der Waals surface area (Å²) in [5.74, 6) is 0.482. The van der Waals surface area contributed by atoms with E-state index in [1.54, 1.807) is 23.5 Å². The Kier molecular flexibility index (Phi) is 2.85. The Morgan fingerprint density at radius 3 is 2.95 bits per heavy atom. The summed E-state index contributed by atoms with van der Waals surface area (Å²) >= 11 is 1.60. The number of imidazole rings is 1. The maximum absolute atomic E-state index is 12.6. The molecule has 0 amide bonds. The van der Waals surface area contributed by atoms with Crippen molar-refractivity contribution in [3.05, 3.63) is 51.5 Å². The number of hydrogen-bond donors (Lipinski definition) is 1. The van der Waals surface area contributed by atoms with Crippen LogP contribution in [0.15, 0.2) is 29.0 Å². The number of aromatic nitrogens is 2. The van der Waals surface area contributed by atoms with Gasteiger partial charge in [-0.2, -0.15) is 11.3 Å². The van der Waals surface area contributed by atoms with Crippen LogP contribution in [0.25, 0.3) is 5.65 Å². The highest BCUT2D eigenvalue weighted by molar-refractivity contribution is 7.08. The normalized spacial score (nSPS) is 20.5. The molecule has 3 aromatic rings. The molecule has 1 aliphatic rings. The van der Waals surface area contributed by atoms with Crippen molar-refractivity contribution in [3.8, 4) is 0 Å². The second-order valence-electron chi connectivity index (χ2n) is 5.54. The number of aryl methyl sites for hydroxylation is 2. The lowest BCUT2D eigenvalue weighted by Gasteiger charge is -2.05. The van der Waals surface area contributed by atoms with Gasteiger partial charge in [0.25, 0.3) is 0 Å². The molecule has 0 spiro atoms. The van der Waals surface area contributed by atoms with Gasteiger partial charge in [0.1, 0.15) is 17.6 Å². The lowest BCUT2D eigenvalue weighted by Crippen LogP contribution is -2.10. The fourth-order valence-electron chi connectivity index (χ4n) is 2.77. The number of carbonyl (C=O) groups is 1. The lowest BCUT2D eigenvalue weighted by atomic mass is 10.1. The van der Waals surface area contributed by atoms with Gasteiger partial charge in [0.15, 0.2) is 11.9 Å². The van der Waals surface area contributed by atoms with Gasteiger partial charge in [-0.1, -0.05) is 0 Å². The number of nitrogens with zero attached hydrogens (tertiary/aromatic N) is 2. The first-order valence-corrected chi connectivity index (χ1v) is 7.97. The predicted molar refractivity (Wildman–Crippen MR) is 85.3 cm³/mol. The van der Waals surface area contributed by atoms with Crippen LogP contribution in [0, 0.1) is 13.8 Å². The van der Waals surface area contributed by atoms with Crippen LogP contribution in [0.5, 0.6) is 0 Å². The molecule has 2 unspecified atom stereocenters. The van der Waals surface area contributed by atoms with Crippen LogP contribution in [0.2, 0.25) is 0 Å². The number of nitrogen functional groups attached to an aromatic ring is 1. The smallest absolute Gasteiger partial charge is 0.194 e. The van der Waals surface area contributed by atoms with Crippen LogP contribution in [0.1, 0.15) is 33.4 Å². The third kappa shape index (κ3) is 1.95. The minimum absolute atomic E-state index is 0.0382. The SMILES string of the molecule is Cc1nc2cc(C(=O)C3OC3c3ccsc3)cc(N)n2c1C. The number of pyridine rings is 1. The van der Waals surface area contributed by atoms with Crippen LogP contribution in [0.4, 0.5) is 5.82 Å². The van der Waals surface area contributed by atoms with Gasteiger partial charge in [-0.3, -0.25) is 9.20 Å². The first-order chi connectivity index (χ1) is 10.6. The van der Waals surface area contributed by atoms with E-state index in [0.29, 0.717) is 17.0 Å². The Balaban J connectivity index is 1.69. The van der Waals surface area contributed by atoms with Gasteiger partial charge in [0, 0.05) is 11.3 Å². The summed E-state index contributed by atoms with van der Waals surface area (Å²) in [5.41, 5.74) is 10.3. The summed E-state index contributed by atoms with van der Waals surface area (Å²) in [6.45, 7) is 3.89. The highest BCUT2D eigenvalue weighted by Gasteiger charge is 2.46. The van der Waals surface area contributed by atoms with E-state index in [1.165, 1.54) is 0 Å². The standard InChI is InChI=1S/C16H15N3O2S/c1-8-9(2)19-12(17)5-11(6-13(19)18-8)14(20)16-15(21-16)10-3-4-22-7-10/h3-7,15-16H,17H2,1-2H3. The van der Waals surface area contributed by atoms with Crippen molar-refractivity contribution < 1.29 is 9.53 Å². The molecule has 4 rings (SSSR count). The molecular formula is C16H15N3O2S. The van der Waals surface area contributed by atoms with Crippen molar-refractivity contribution in [3.63, 3.8) is 0 Å². The summed E-state index contributed by atoms with van der Waals surface area (Å²) in [5, 5.41) is 4.00. The molecule has 1 fully saturated rings. The number of ketones is 1. The highest BCUT2D eigenvalue weighted by Crippen LogP contribution is 2.41. The maximum Gasteiger partial charge on any atom is 0.194 e. The number of carbonyl (C=O) groups excluding carboxylic acids is 1.